The fraction of sp³-hybridized carbons (Fsp3) is 0.118. The molecule has 0 saturated heterocycles. The van der Waals surface area contributed by atoms with E-state index in [2.05, 4.69) is 26.6 Å². The van der Waals surface area contributed by atoms with Crippen LogP contribution < -0.4 is 15.7 Å². The highest BCUT2D eigenvalue weighted by atomic mass is 79.9. The van der Waals surface area contributed by atoms with Gasteiger partial charge in [0.25, 0.3) is 11.8 Å². The zero-order chi connectivity index (χ0) is 18.4. The van der Waals surface area contributed by atoms with E-state index in [0.717, 1.165) is 4.47 Å². The molecular formula is C17H14BrN2O5-. The molecule has 8 heteroatoms. The molecule has 0 bridgehead atoms. The number of halogens is 1. The van der Waals surface area contributed by atoms with Gasteiger partial charge in [0.05, 0.1) is 18.3 Å². The lowest BCUT2D eigenvalue weighted by atomic mass is 10.1. The van der Waals surface area contributed by atoms with Gasteiger partial charge in [0.15, 0.2) is 5.76 Å². The van der Waals surface area contributed by atoms with Crippen molar-refractivity contribution in [2.45, 2.75) is 13.0 Å². The number of nitrogens with one attached hydrogen (secondary N) is 2. The van der Waals surface area contributed by atoms with Crippen LogP contribution in [0.5, 0.6) is 0 Å². The van der Waals surface area contributed by atoms with Crippen molar-refractivity contribution in [3.05, 3.63) is 64.2 Å². The van der Waals surface area contributed by atoms with Gasteiger partial charge in [0, 0.05) is 4.47 Å². The summed E-state index contributed by atoms with van der Waals surface area (Å²) < 4.78 is 5.76. The predicted octanol–water partition coefficient (Wildman–Crippen LogP) is 1.07. The van der Waals surface area contributed by atoms with E-state index in [1.54, 1.807) is 24.3 Å². The van der Waals surface area contributed by atoms with Crippen LogP contribution in [0, 0.1) is 0 Å². The third-order valence-electron chi connectivity index (χ3n) is 3.10. The summed E-state index contributed by atoms with van der Waals surface area (Å²) in [6.45, 7) is 1.26. The fourth-order valence-electron chi connectivity index (χ4n) is 1.85. The number of hydrogen-bond donors (Lipinski definition) is 2. The Labute approximate surface area is 151 Å². The molecule has 0 radical (unpaired) electrons. The maximum absolute atomic E-state index is 12.3. The highest BCUT2D eigenvalue weighted by molar-refractivity contribution is 9.10. The molecule has 0 saturated carbocycles. The molecule has 25 heavy (non-hydrogen) atoms. The zero-order valence-corrected chi connectivity index (χ0v) is 14.7. The fourth-order valence-corrected chi connectivity index (χ4v) is 2.26. The number of carbonyl (C=O) groups is 3. The third-order valence-corrected chi connectivity index (χ3v) is 3.59. The minimum atomic E-state index is -1.44. The molecular weight excluding hydrogens is 392 g/mol. The number of furan rings is 1. The van der Waals surface area contributed by atoms with E-state index >= 15 is 0 Å². The quantitative estimate of drug-likeness (QED) is 0.698. The van der Waals surface area contributed by atoms with Crippen molar-refractivity contribution in [1.82, 2.24) is 10.6 Å². The Morgan fingerprint density at radius 2 is 2.00 bits per heavy atom. The van der Waals surface area contributed by atoms with E-state index in [9.17, 15) is 19.5 Å². The molecule has 0 fully saturated rings. The van der Waals surface area contributed by atoms with E-state index in [-0.39, 0.29) is 11.5 Å². The number of rotatable bonds is 6. The first-order chi connectivity index (χ1) is 11.9. The summed E-state index contributed by atoms with van der Waals surface area (Å²) in [5.41, 5.74) is 0.493. The molecule has 0 aliphatic heterocycles. The molecule has 0 aliphatic carbocycles. The smallest absolute Gasteiger partial charge is 0.291 e. The highest BCUT2D eigenvalue weighted by Crippen LogP contribution is 2.14. The molecule has 1 atom stereocenters. The van der Waals surface area contributed by atoms with E-state index in [0.29, 0.717) is 5.56 Å². The number of carboxylic acid groups (broad SMARTS) is 1. The Bertz CT molecular complexity index is 814. The lowest BCUT2D eigenvalue weighted by Crippen LogP contribution is -2.48. The number of carbonyl (C=O) groups excluding carboxylic acids is 3. The molecule has 7 nitrogen and oxygen atoms in total. The monoisotopic (exact) mass is 405 g/mol. The molecule has 0 spiro atoms. The van der Waals surface area contributed by atoms with Crippen LogP contribution in [-0.4, -0.2) is 23.8 Å². The number of hydrogen-bond acceptors (Lipinski definition) is 5. The van der Waals surface area contributed by atoms with Crippen LogP contribution in [0.4, 0.5) is 0 Å². The summed E-state index contributed by atoms with van der Waals surface area (Å²) in [7, 11) is 0. The highest BCUT2D eigenvalue weighted by Gasteiger charge is 2.18. The molecule has 1 aromatic heterocycles. The molecule has 2 rings (SSSR count). The average molecular weight is 406 g/mol. The van der Waals surface area contributed by atoms with Crippen molar-refractivity contribution >= 4 is 39.8 Å². The van der Waals surface area contributed by atoms with E-state index < -0.39 is 23.8 Å². The standard InChI is InChI=1S/C17H15BrN2O5/c1-10(17(23)24)19-15(21)13(9-11-4-2-5-12(18)8-11)20-16(22)14-6-3-7-25-14/h2-10H,1H3,(H,19,21)(H,20,22)(H,23,24)/p-1/b13-9+/t10-/m0/s1. The molecule has 2 N–H and O–H groups in total. The summed E-state index contributed by atoms with van der Waals surface area (Å²) in [4.78, 5) is 35.3. The zero-order valence-electron chi connectivity index (χ0n) is 13.1. The van der Waals surface area contributed by atoms with E-state index in [1.807, 2.05) is 0 Å². The Kier molecular flexibility index (Phi) is 6.13. The first-order valence-electron chi connectivity index (χ1n) is 7.20. The normalized spacial score (nSPS) is 12.3. The molecule has 0 unspecified atom stereocenters. The number of benzene rings is 1. The number of amides is 2. The maximum atomic E-state index is 12.3. The predicted molar refractivity (Wildman–Crippen MR) is 90.9 cm³/mol. The van der Waals surface area contributed by atoms with Crippen LogP contribution in [0.1, 0.15) is 23.0 Å². The van der Waals surface area contributed by atoms with Crippen molar-refractivity contribution in [3.63, 3.8) is 0 Å². The Morgan fingerprint density at radius 3 is 2.60 bits per heavy atom. The lowest BCUT2D eigenvalue weighted by molar-refractivity contribution is -0.307. The first-order valence-corrected chi connectivity index (χ1v) is 8.00. The Hall–Kier alpha value is -2.87. The summed E-state index contributed by atoms with van der Waals surface area (Å²) in [5, 5.41) is 15.5. The average Bonchev–Trinajstić information content (AvgIpc) is 3.08. The van der Waals surface area contributed by atoms with Gasteiger partial charge in [-0.05, 0) is 42.8 Å². The van der Waals surface area contributed by atoms with Gasteiger partial charge in [-0.2, -0.15) is 0 Å². The van der Waals surface area contributed by atoms with Gasteiger partial charge in [0.2, 0.25) is 0 Å². The Morgan fingerprint density at radius 1 is 1.24 bits per heavy atom. The SMILES string of the molecule is C[C@H](NC(=O)/C(=C\c1cccc(Br)c1)NC(=O)c1ccco1)C(=O)[O-]. The molecule has 130 valence electrons. The van der Waals surface area contributed by atoms with E-state index in [1.165, 1.54) is 31.4 Å². The topological polar surface area (TPSA) is 111 Å². The van der Waals surface area contributed by atoms with Gasteiger partial charge in [-0.1, -0.05) is 28.1 Å². The number of carboxylic acids is 1. The van der Waals surface area contributed by atoms with Gasteiger partial charge in [-0.25, -0.2) is 0 Å². The maximum Gasteiger partial charge on any atom is 0.291 e. The molecule has 2 aromatic rings. The third kappa shape index (κ3) is 5.32. The van der Waals surface area contributed by atoms with Crippen molar-refractivity contribution in [2.24, 2.45) is 0 Å². The van der Waals surface area contributed by atoms with Crippen LogP contribution in [0.3, 0.4) is 0 Å². The molecule has 1 aromatic carbocycles. The van der Waals surface area contributed by atoms with Gasteiger partial charge in [-0.15, -0.1) is 0 Å². The minimum absolute atomic E-state index is 0.0147. The van der Waals surface area contributed by atoms with E-state index in [4.69, 9.17) is 4.42 Å². The van der Waals surface area contributed by atoms with Gasteiger partial charge < -0.3 is 25.0 Å². The van der Waals surface area contributed by atoms with Gasteiger partial charge in [0.1, 0.15) is 5.70 Å². The molecule has 1 heterocycles. The van der Waals surface area contributed by atoms with Gasteiger partial charge in [-0.3, -0.25) is 9.59 Å². The molecule has 2 amide bonds. The van der Waals surface area contributed by atoms with Crippen molar-refractivity contribution in [3.8, 4) is 0 Å². The van der Waals surface area contributed by atoms with Crippen molar-refractivity contribution in [1.29, 1.82) is 0 Å². The van der Waals surface area contributed by atoms with Crippen LogP contribution in [0.15, 0.2) is 57.2 Å². The van der Waals surface area contributed by atoms with Crippen molar-refractivity contribution < 1.29 is 23.9 Å². The summed E-state index contributed by atoms with van der Waals surface area (Å²) >= 11 is 3.31. The van der Waals surface area contributed by atoms with Crippen molar-refractivity contribution in [2.75, 3.05) is 0 Å². The summed E-state index contributed by atoms with van der Waals surface area (Å²) in [6, 6.07) is 8.76. The molecule has 0 aliphatic rings. The van der Waals surface area contributed by atoms with Crippen LogP contribution in [-0.2, 0) is 9.59 Å². The van der Waals surface area contributed by atoms with Crippen LogP contribution >= 0.6 is 15.9 Å². The van der Waals surface area contributed by atoms with Crippen LogP contribution in [0.25, 0.3) is 6.08 Å². The second-order valence-corrected chi connectivity index (χ2v) is 5.97. The summed E-state index contributed by atoms with van der Waals surface area (Å²) in [5.74, 6) is -2.83. The Balaban J connectivity index is 2.28. The second kappa shape index (κ2) is 8.29. The van der Waals surface area contributed by atoms with Gasteiger partial charge >= 0.3 is 0 Å². The second-order valence-electron chi connectivity index (χ2n) is 5.06. The summed E-state index contributed by atoms with van der Waals surface area (Å²) in [6.07, 6.45) is 2.74. The first kappa shape index (κ1) is 18.5. The lowest BCUT2D eigenvalue weighted by Gasteiger charge is -2.16. The minimum Gasteiger partial charge on any atom is -0.548 e. The van der Waals surface area contributed by atoms with Crippen LogP contribution in [0.2, 0.25) is 0 Å². The largest absolute Gasteiger partial charge is 0.548 e. The number of aliphatic carboxylic acids is 1.